The molecule has 2 aromatic heterocycles. The minimum absolute atomic E-state index is 0.0572. The number of anilines is 2. The van der Waals surface area contributed by atoms with E-state index in [-0.39, 0.29) is 36.1 Å². The van der Waals surface area contributed by atoms with Gasteiger partial charge in [-0.1, -0.05) is 24.6 Å². The quantitative estimate of drug-likeness (QED) is 0.0338. The number of pyridine rings is 1. The number of nitrogens with zero attached hydrogens (tertiary/aromatic N) is 6. The van der Waals surface area contributed by atoms with E-state index >= 15 is 0 Å². The van der Waals surface area contributed by atoms with Gasteiger partial charge in [-0.3, -0.25) is 34.3 Å². The second kappa shape index (κ2) is 26.7. The Morgan fingerprint density at radius 2 is 1.53 bits per heavy atom. The molecule has 0 radical (unpaired) electrons. The number of aromatic nitrogens is 4. The number of carbonyl (C=O) groups is 5. The van der Waals surface area contributed by atoms with E-state index in [1.165, 1.54) is 0 Å². The summed E-state index contributed by atoms with van der Waals surface area (Å²) in [6, 6.07) is 24.1. The maximum absolute atomic E-state index is 13.6. The first-order valence-electron chi connectivity index (χ1n) is 27.1. The van der Waals surface area contributed by atoms with Gasteiger partial charge in [0.25, 0.3) is 11.8 Å². The van der Waals surface area contributed by atoms with Gasteiger partial charge in [0.2, 0.25) is 17.7 Å². The van der Waals surface area contributed by atoms with Gasteiger partial charge in [0.1, 0.15) is 11.8 Å². The van der Waals surface area contributed by atoms with Gasteiger partial charge in [-0.05, 0) is 130 Å². The van der Waals surface area contributed by atoms with Crippen molar-refractivity contribution in [2.45, 2.75) is 88.9 Å². The minimum atomic E-state index is -0.642. The van der Waals surface area contributed by atoms with Gasteiger partial charge in [0.15, 0.2) is 11.6 Å². The normalized spacial score (nSPS) is 17.7. The molecule has 3 fully saturated rings. The predicted molar refractivity (Wildman–Crippen MR) is 288 cm³/mol. The number of nitrogens with one attached hydrogen (secondary N) is 5. The van der Waals surface area contributed by atoms with Gasteiger partial charge in [-0.15, -0.1) is 10.2 Å². The lowest BCUT2D eigenvalue weighted by Crippen LogP contribution is -2.52. The lowest BCUT2D eigenvalue weighted by Gasteiger charge is -2.37. The van der Waals surface area contributed by atoms with Crippen molar-refractivity contribution in [3.05, 3.63) is 119 Å². The summed E-state index contributed by atoms with van der Waals surface area (Å²) in [5.41, 5.74) is 5.20. The topological polar surface area (TPSA) is 235 Å². The molecule has 1 unspecified atom stereocenters. The third-order valence-electron chi connectivity index (χ3n) is 14.7. The smallest absolute Gasteiger partial charge is 0.255 e. The molecule has 0 spiro atoms. The van der Waals surface area contributed by atoms with E-state index in [1.54, 1.807) is 17.3 Å². The number of benzene rings is 3. The summed E-state index contributed by atoms with van der Waals surface area (Å²) in [6.45, 7) is 9.88. The van der Waals surface area contributed by atoms with Crippen LogP contribution in [0.5, 0.6) is 5.75 Å². The Hall–Kier alpha value is -7.26. The first kappa shape index (κ1) is 54.5. The van der Waals surface area contributed by atoms with Crippen LogP contribution in [0.15, 0.2) is 91.3 Å². The molecule has 0 saturated carbocycles. The van der Waals surface area contributed by atoms with Gasteiger partial charge in [-0.25, -0.2) is 0 Å². The summed E-state index contributed by atoms with van der Waals surface area (Å²) >= 11 is 0. The average Bonchev–Trinajstić information content (AvgIpc) is 4.13. The lowest BCUT2D eigenvalue weighted by molar-refractivity contribution is -0.137. The van der Waals surface area contributed by atoms with Gasteiger partial charge in [0, 0.05) is 86.2 Å². The number of H-pyrrole nitrogens is 1. The van der Waals surface area contributed by atoms with Crippen molar-refractivity contribution >= 4 is 40.9 Å². The van der Waals surface area contributed by atoms with Crippen LogP contribution < -0.4 is 30.9 Å². The molecule has 5 amide bonds. The predicted octanol–water partition coefficient (Wildman–Crippen LogP) is 5.54. The zero-order chi connectivity index (χ0) is 53.4. The summed E-state index contributed by atoms with van der Waals surface area (Å²) in [7, 11) is 0. The number of imide groups is 1. The number of hydrogen-bond donors (Lipinski definition) is 5. The molecule has 5 N–H and O–H groups in total. The van der Waals surface area contributed by atoms with E-state index in [0.29, 0.717) is 109 Å². The van der Waals surface area contributed by atoms with Gasteiger partial charge in [-0.2, -0.15) is 0 Å². The van der Waals surface area contributed by atoms with Crippen molar-refractivity contribution in [2.24, 2.45) is 0 Å². The largest absolute Gasteiger partial charge is 0.494 e. The van der Waals surface area contributed by atoms with Crippen LogP contribution >= 0.6 is 0 Å². The molecular formula is C57H71N11O9. The molecule has 0 aliphatic carbocycles. The van der Waals surface area contributed by atoms with Crippen molar-refractivity contribution in [1.82, 2.24) is 45.9 Å². The molecule has 77 heavy (non-hydrogen) atoms. The summed E-state index contributed by atoms with van der Waals surface area (Å²) in [6.07, 6.45) is 9.84. The summed E-state index contributed by atoms with van der Waals surface area (Å²) in [5.74, 6) is 1.20. The molecule has 9 rings (SSSR count). The number of carbonyl (C=O) groups excluding carboxylic acids is 5. The molecule has 6 heterocycles. The van der Waals surface area contributed by atoms with Crippen molar-refractivity contribution in [2.75, 3.05) is 95.7 Å². The molecule has 20 heteroatoms. The van der Waals surface area contributed by atoms with Crippen molar-refractivity contribution in [3.63, 3.8) is 0 Å². The van der Waals surface area contributed by atoms with Crippen molar-refractivity contribution in [3.8, 4) is 17.1 Å². The third-order valence-corrected chi connectivity index (χ3v) is 14.7. The molecule has 5 aromatic rings. The van der Waals surface area contributed by atoms with Crippen LogP contribution in [0.3, 0.4) is 0 Å². The average molecular weight is 1050 g/mol. The Labute approximate surface area is 449 Å². The van der Waals surface area contributed by atoms with Crippen LogP contribution in [-0.4, -0.2) is 151 Å². The summed E-state index contributed by atoms with van der Waals surface area (Å²) in [4.78, 5) is 76.8. The van der Waals surface area contributed by atoms with Gasteiger partial charge in [0.05, 0.1) is 57.6 Å². The molecule has 0 bridgehead atoms. The third kappa shape index (κ3) is 14.4. The van der Waals surface area contributed by atoms with Crippen LogP contribution in [-0.2, 0) is 40.7 Å². The molecular weight excluding hydrogens is 983 g/mol. The molecule has 3 aromatic carbocycles. The fourth-order valence-electron chi connectivity index (χ4n) is 10.3. The zero-order valence-electron chi connectivity index (χ0n) is 43.9. The molecule has 408 valence electrons. The highest BCUT2D eigenvalue weighted by atomic mass is 16.5. The maximum atomic E-state index is 13.6. The first-order chi connectivity index (χ1) is 37.6. The second-order valence-corrected chi connectivity index (χ2v) is 20.0. The van der Waals surface area contributed by atoms with Crippen LogP contribution in [0, 0.1) is 0 Å². The highest BCUT2D eigenvalue weighted by Gasteiger charge is 2.40. The molecule has 3 saturated heterocycles. The number of hydrogen-bond acceptors (Lipinski definition) is 15. The number of piperazine rings is 1. The van der Waals surface area contributed by atoms with Crippen LogP contribution in [0.2, 0.25) is 0 Å². The van der Waals surface area contributed by atoms with E-state index in [9.17, 15) is 24.0 Å². The summed E-state index contributed by atoms with van der Waals surface area (Å²) in [5, 5.41) is 21.7. The number of ether oxygens (including phenoxy) is 4. The minimum Gasteiger partial charge on any atom is -0.494 e. The maximum Gasteiger partial charge on any atom is 0.255 e. The number of piperidine rings is 2. The Bertz CT molecular complexity index is 2800. The molecule has 4 aliphatic heterocycles. The Kier molecular flexibility index (Phi) is 18.9. The van der Waals surface area contributed by atoms with Crippen LogP contribution in [0.1, 0.15) is 108 Å². The Morgan fingerprint density at radius 3 is 2.31 bits per heavy atom. The van der Waals surface area contributed by atoms with Crippen LogP contribution in [0.25, 0.3) is 11.4 Å². The second-order valence-electron chi connectivity index (χ2n) is 20.0. The molecule has 2 atom stereocenters. The van der Waals surface area contributed by atoms with E-state index in [2.05, 4.69) is 46.3 Å². The fourth-order valence-corrected chi connectivity index (χ4v) is 10.3. The van der Waals surface area contributed by atoms with E-state index < -0.39 is 17.5 Å². The number of aromatic amines is 1. The van der Waals surface area contributed by atoms with Gasteiger partial charge >= 0.3 is 0 Å². The number of rotatable bonds is 26. The van der Waals surface area contributed by atoms with Crippen molar-refractivity contribution in [1.29, 1.82) is 0 Å². The molecule has 20 nitrogen and oxygen atoms in total. The number of amides is 5. The standard InChI is InChI=1S/C57H71N11O9/c1-40(60-53(71)43-9-6-10-45(36-43)63-57(19-23-59-24-20-57)56-62-52(64-65-56)41-16-21-58-22-17-41)42-8-7-11-47(38-42)77-30-5-3-2-4-29-74-32-34-76-35-33-75-31-18-51(70)67-27-25-66(26-28-67)46-12-13-48-44(37-46)39-68(55(48)73)49-14-15-50(69)61-54(49)72/h6-13,16-17,21-22,36-38,40,49,59,63H,2-5,14-15,18-20,23-35,39H2,1H3,(H,60,71)(H,61,69,72)(H,62,64,65)/t40-,49?/m1/s1. The Balaban J connectivity index is 0.581. The van der Waals surface area contributed by atoms with Crippen molar-refractivity contribution < 1.29 is 42.9 Å². The van der Waals surface area contributed by atoms with Gasteiger partial charge < -0.3 is 54.6 Å². The molecule has 4 aliphatic rings. The zero-order valence-corrected chi connectivity index (χ0v) is 43.9. The van der Waals surface area contributed by atoms with E-state index in [1.807, 2.05) is 90.7 Å². The fraction of sp³-hybridized carbons (Fsp3) is 0.474. The highest BCUT2D eigenvalue weighted by Crippen LogP contribution is 2.35. The van der Waals surface area contributed by atoms with E-state index in [0.717, 1.165) is 91.3 Å². The van der Waals surface area contributed by atoms with E-state index in [4.69, 9.17) is 18.9 Å². The highest BCUT2D eigenvalue weighted by molar-refractivity contribution is 6.05. The lowest BCUT2D eigenvalue weighted by atomic mass is 9.87. The van der Waals surface area contributed by atoms with Crippen LogP contribution in [0.4, 0.5) is 11.4 Å². The Morgan fingerprint density at radius 1 is 0.792 bits per heavy atom. The summed E-state index contributed by atoms with van der Waals surface area (Å²) < 4.78 is 23.2. The number of unbranched alkanes of at least 4 members (excludes halogenated alkanes) is 3. The number of fused-ring (bicyclic) bond motifs is 1. The first-order valence-corrected chi connectivity index (χ1v) is 27.1. The monoisotopic (exact) mass is 1050 g/mol. The SMILES string of the molecule is C[C@@H](NC(=O)c1cccc(NC2(c3nnc(-c4ccncc4)[nH]3)CCNCC2)c1)c1cccc(OCCCCCCOCCOCCOCCC(=O)N2CCN(c3ccc4c(c3)CN(C3CCC(=O)NC3=O)C4=O)CC2)c1.